The van der Waals surface area contributed by atoms with E-state index >= 15 is 0 Å². The number of fused-ring (bicyclic) bond motifs is 4. The van der Waals surface area contributed by atoms with Crippen molar-refractivity contribution in [2.24, 2.45) is 11.8 Å². The van der Waals surface area contributed by atoms with Gasteiger partial charge in [0, 0.05) is 28.9 Å². The summed E-state index contributed by atoms with van der Waals surface area (Å²) in [5.41, 5.74) is 0.653. The van der Waals surface area contributed by atoms with Gasteiger partial charge in [0.2, 0.25) is 17.7 Å². The Hall–Kier alpha value is -2.74. The number of hydrogen-bond acceptors (Lipinski definition) is 5. The number of carbonyl (C=O) groups is 3. The van der Waals surface area contributed by atoms with Crippen molar-refractivity contribution < 1.29 is 19.5 Å². The molecule has 0 aromatic heterocycles. The molecule has 3 N–H and O–H groups in total. The number of halogens is 1. The van der Waals surface area contributed by atoms with Gasteiger partial charge in [0.05, 0.1) is 17.9 Å². The Morgan fingerprint density at radius 1 is 1.13 bits per heavy atom. The van der Waals surface area contributed by atoms with E-state index in [0.29, 0.717) is 22.7 Å². The number of rotatable bonds is 4. The van der Waals surface area contributed by atoms with Crippen LogP contribution in [0.25, 0.3) is 0 Å². The van der Waals surface area contributed by atoms with Crippen LogP contribution in [0.1, 0.15) is 18.1 Å². The van der Waals surface area contributed by atoms with Crippen LogP contribution in [-0.2, 0) is 26.3 Å². The molecule has 0 unspecified atom stereocenters. The highest BCUT2D eigenvalue weighted by molar-refractivity contribution is 6.31. The number of carbonyl (C=O) groups excluding carboxylic acids is 3. The first-order valence-corrected chi connectivity index (χ1v) is 10.7. The van der Waals surface area contributed by atoms with Crippen LogP contribution in [0, 0.1) is 11.8 Å². The molecule has 5 atom stereocenters. The van der Waals surface area contributed by atoms with Crippen LogP contribution in [0.15, 0.2) is 48.5 Å². The number of amides is 3. The van der Waals surface area contributed by atoms with Crippen molar-refractivity contribution in [2.75, 3.05) is 11.9 Å². The maximum atomic E-state index is 13.6. The van der Waals surface area contributed by atoms with E-state index < -0.39 is 41.3 Å². The summed E-state index contributed by atoms with van der Waals surface area (Å²) in [7, 11) is 0. The maximum absolute atomic E-state index is 13.6. The highest BCUT2D eigenvalue weighted by Crippen LogP contribution is 2.53. The third kappa shape index (κ3) is 2.84. The van der Waals surface area contributed by atoms with Crippen LogP contribution >= 0.6 is 11.6 Å². The molecule has 0 saturated carbocycles. The average Bonchev–Trinajstić information content (AvgIpc) is 3.33. The lowest BCUT2D eigenvalue weighted by atomic mass is 9.76. The molecule has 1 spiro atoms. The van der Waals surface area contributed by atoms with Gasteiger partial charge in [0.15, 0.2) is 0 Å². The molecule has 3 amide bonds. The van der Waals surface area contributed by atoms with Crippen molar-refractivity contribution in [3.05, 3.63) is 64.7 Å². The summed E-state index contributed by atoms with van der Waals surface area (Å²) in [5, 5.41) is 16.8. The number of aliphatic hydroxyl groups excluding tert-OH is 1. The summed E-state index contributed by atoms with van der Waals surface area (Å²) in [6.07, 6.45) is -0.416. The molecule has 3 aliphatic rings. The number of aliphatic hydroxyl groups is 1. The molecule has 5 rings (SSSR count). The normalized spacial score (nSPS) is 30.0. The van der Waals surface area contributed by atoms with E-state index in [0.717, 1.165) is 5.56 Å². The predicted octanol–water partition coefficient (Wildman–Crippen LogP) is 1.68. The predicted molar refractivity (Wildman–Crippen MR) is 114 cm³/mol. The molecule has 31 heavy (non-hydrogen) atoms. The van der Waals surface area contributed by atoms with E-state index in [4.69, 9.17) is 11.6 Å². The van der Waals surface area contributed by atoms with Gasteiger partial charge in [-0.25, -0.2) is 0 Å². The van der Waals surface area contributed by atoms with Gasteiger partial charge in [-0.1, -0.05) is 41.9 Å². The molecule has 3 heterocycles. The number of anilines is 1. The molecule has 2 fully saturated rings. The van der Waals surface area contributed by atoms with Crippen molar-refractivity contribution in [3.8, 4) is 0 Å². The Bertz CT molecular complexity index is 1090. The van der Waals surface area contributed by atoms with E-state index in [1.165, 1.54) is 4.90 Å². The van der Waals surface area contributed by atoms with E-state index in [1.54, 1.807) is 25.1 Å². The van der Waals surface area contributed by atoms with E-state index in [1.807, 2.05) is 30.3 Å². The van der Waals surface area contributed by atoms with Gasteiger partial charge in [0.25, 0.3) is 0 Å². The lowest BCUT2D eigenvalue weighted by Crippen LogP contribution is -2.55. The number of imide groups is 1. The average molecular weight is 440 g/mol. The Morgan fingerprint density at radius 2 is 1.87 bits per heavy atom. The molecule has 160 valence electrons. The topological polar surface area (TPSA) is 98.7 Å². The molecular weight excluding hydrogens is 418 g/mol. The fraction of sp³-hybridized carbons (Fsp3) is 0.348. The first kappa shape index (κ1) is 20.2. The molecule has 0 bridgehead atoms. The van der Waals surface area contributed by atoms with Crippen LogP contribution in [-0.4, -0.2) is 46.4 Å². The second-order valence-corrected chi connectivity index (χ2v) is 8.87. The molecule has 8 heteroatoms. The van der Waals surface area contributed by atoms with Crippen LogP contribution in [0.3, 0.4) is 0 Å². The summed E-state index contributed by atoms with van der Waals surface area (Å²) in [6.45, 7) is 1.78. The third-order valence-corrected chi connectivity index (χ3v) is 6.92. The van der Waals surface area contributed by atoms with Gasteiger partial charge in [-0.2, -0.15) is 0 Å². The molecule has 2 aromatic carbocycles. The lowest BCUT2D eigenvalue weighted by Gasteiger charge is -2.30. The van der Waals surface area contributed by atoms with Gasteiger partial charge < -0.3 is 10.4 Å². The van der Waals surface area contributed by atoms with Crippen molar-refractivity contribution in [3.63, 3.8) is 0 Å². The SMILES string of the molecule is C[C@@H](O)[C@H]1N[C@]2(C(=O)Nc3ccc(Cl)cc32)[C@@H]2C(=O)N(CCc3ccccc3)C(=O)[C@@H]12. The van der Waals surface area contributed by atoms with E-state index in [9.17, 15) is 19.5 Å². The summed E-state index contributed by atoms with van der Waals surface area (Å²) in [4.78, 5) is 41.4. The fourth-order valence-electron chi connectivity index (χ4n) is 5.28. The molecule has 0 aliphatic carbocycles. The number of likely N-dealkylation sites (tertiary alicyclic amines) is 1. The van der Waals surface area contributed by atoms with Crippen LogP contribution in [0.5, 0.6) is 0 Å². The Kier molecular flexibility index (Phi) is 4.66. The summed E-state index contributed by atoms with van der Waals surface area (Å²) >= 11 is 6.21. The molecular formula is C23H22ClN3O4. The van der Waals surface area contributed by atoms with E-state index in [2.05, 4.69) is 10.6 Å². The Morgan fingerprint density at radius 3 is 2.58 bits per heavy atom. The van der Waals surface area contributed by atoms with Crippen LogP contribution in [0.4, 0.5) is 5.69 Å². The smallest absolute Gasteiger partial charge is 0.250 e. The number of hydrogen-bond donors (Lipinski definition) is 3. The zero-order valence-corrected chi connectivity index (χ0v) is 17.6. The number of nitrogens with zero attached hydrogens (tertiary/aromatic N) is 1. The molecule has 3 aliphatic heterocycles. The van der Waals surface area contributed by atoms with Gasteiger partial charge in [-0.3, -0.25) is 24.6 Å². The first-order chi connectivity index (χ1) is 14.8. The van der Waals surface area contributed by atoms with Gasteiger partial charge >= 0.3 is 0 Å². The molecule has 0 radical (unpaired) electrons. The van der Waals surface area contributed by atoms with Crippen molar-refractivity contribution in [2.45, 2.75) is 31.0 Å². The highest BCUT2D eigenvalue weighted by Gasteiger charge is 2.71. The molecule has 2 aromatic rings. The largest absolute Gasteiger partial charge is 0.392 e. The first-order valence-electron chi connectivity index (χ1n) is 10.3. The minimum Gasteiger partial charge on any atom is -0.392 e. The number of benzene rings is 2. The zero-order chi connectivity index (χ0) is 21.9. The quantitative estimate of drug-likeness (QED) is 0.630. The van der Waals surface area contributed by atoms with E-state index in [-0.39, 0.29) is 12.5 Å². The summed E-state index contributed by atoms with van der Waals surface area (Å²) in [5.74, 6) is -2.95. The lowest BCUT2D eigenvalue weighted by molar-refractivity contribution is -0.143. The van der Waals surface area contributed by atoms with Gasteiger partial charge in [0.1, 0.15) is 5.54 Å². The van der Waals surface area contributed by atoms with Gasteiger partial charge in [-0.05, 0) is 37.1 Å². The van der Waals surface area contributed by atoms with Crippen molar-refractivity contribution >= 4 is 35.0 Å². The van der Waals surface area contributed by atoms with Gasteiger partial charge in [-0.15, -0.1) is 0 Å². The van der Waals surface area contributed by atoms with Crippen molar-refractivity contribution in [1.82, 2.24) is 10.2 Å². The Labute approximate surface area is 184 Å². The second-order valence-electron chi connectivity index (χ2n) is 8.43. The standard InChI is InChI=1S/C23H22ClN3O4/c1-12(28)19-17-18(21(30)27(20(17)29)10-9-13-5-3-2-4-6-13)23(26-19)15-11-14(24)7-8-16(15)25-22(23)31/h2-8,11-12,17-19,26,28H,9-10H2,1H3,(H,25,31)/t12-,17-,18+,19-,23+/m1/s1. The minimum absolute atomic E-state index is 0.224. The number of nitrogens with one attached hydrogen (secondary N) is 2. The third-order valence-electron chi connectivity index (χ3n) is 6.69. The van der Waals surface area contributed by atoms with Crippen LogP contribution < -0.4 is 10.6 Å². The summed E-state index contributed by atoms with van der Waals surface area (Å²) in [6, 6.07) is 13.9. The maximum Gasteiger partial charge on any atom is 0.250 e. The fourth-order valence-corrected chi connectivity index (χ4v) is 5.46. The highest BCUT2D eigenvalue weighted by atomic mass is 35.5. The summed E-state index contributed by atoms with van der Waals surface area (Å²) < 4.78 is 0. The Balaban J connectivity index is 1.55. The zero-order valence-electron chi connectivity index (χ0n) is 16.8. The molecule has 2 saturated heterocycles. The minimum atomic E-state index is -1.44. The molecule has 7 nitrogen and oxygen atoms in total. The van der Waals surface area contributed by atoms with Crippen LogP contribution in [0.2, 0.25) is 5.02 Å². The van der Waals surface area contributed by atoms with Crippen molar-refractivity contribution in [1.29, 1.82) is 0 Å². The second kappa shape index (κ2) is 7.15. The monoisotopic (exact) mass is 439 g/mol.